The molecule has 0 saturated carbocycles. The fraction of sp³-hybridized carbons (Fsp3) is 0.176. The number of nitrogens with one attached hydrogen (secondary N) is 1. The lowest BCUT2D eigenvalue weighted by molar-refractivity contribution is -0.123. The van der Waals surface area contributed by atoms with Crippen LogP contribution in [0, 0.1) is 10.5 Å². The first kappa shape index (κ1) is 16.5. The second kappa shape index (κ2) is 7.40. The highest BCUT2D eigenvalue weighted by atomic mass is 127. The van der Waals surface area contributed by atoms with E-state index in [0.29, 0.717) is 11.3 Å². The summed E-state index contributed by atoms with van der Waals surface area (Å²) in [5, 5.41) is 2.76. The molecule has 0 aliphatic rings. The summed E-state index contributed by atoms with van der Waals surface area (Å²) in [4.78, 5) is 24.2. The molecule has 0 unspecified atom stereocenters. The van der Waals surface area contributed by atoms with Gasteiger partial charge in [-0.1, -0.05) is 30.3 Å². The number of ether oxygens (including phenoxy) is 1. The van der Waals surface area contributed by atoms with E-state index in [1.54, 1.807) is 19.1 Å². The normalized spacial score (nSPS) is 11.6. The van der Waals surface area contributed by atoms with E-state index < -0.39 is 12.1 Å². The number of anilines is 1. The van der Waals surface area contributed by atoms with E-state index >= 15 is 0 Å². The van der Waals surface area contributed by atoms with Crippen LogP contribution in [0.3, 0.4) is 0 Å². The zero-order chi connectivity index (χ0) is 16.1. The molecule has 0 saturated heterocycles. The summed E-state index contributed by atoms with van der Waals surface area (Å²) < 4.78 is 6.02. The third kappa shape index (κ3) is 4.07. The van der Waals surface area contributed by atoms with Crippen LogP contribution in [0.15, 0.2) is 48.5 Å². The van der Waals surface area contributed by atoms with Crippen molar-refractivity contribution >= 4 is 40.2 Å². The average Bonchev–Trinajstić information content (AvgIpc) is 2.49. The molecule has 114 valence electrons. The van der Waals surface area contributed by atoms with Crippen molar-refractivity contribution in [1.29, 1.82) is 0 Å². The number of amides is 1. The molecular formula is C17H16INO3. The minimum absolute atomic E-state index is 0.353. The zero-order valence-corrected chi connectivity index (χ0v) is 14.5. The Morgan fingerprint density at radius 3 is 2.41 bits per heavy atom. The van der Waals surface area contributed by atoms with E-state index in [9.17, 15) is 9.59 Å². The van der Waals surface area contributed by atoms with Crippen LogP contribution in [0.25, 0.3) is 0 Å². The maximum absolute atomic E-state index is 12.1. The van der Waals surface area contributed by atoms with Crippen LogP contribution in [-0.4, -0.2) is 18.0 Å². The molecule has 0 fully saturated rings. The molecule has 2 rings (SSSR count). The number of hydrogen-bond acceptors (Lipinski definition) is 3. The fourth-order valence-corrected chi connectivity index (χ4v) is 2.46. The molecule has 1 N–H and O–H groups in total. The molecule has 0 aromatic heterocycles. The number of benzene rings is 2. The molecule has 5 heteroatoms. The number of rotatable bonds is 4. The second-order valence-electron chi connectivity index (χ2n) is 4.83. The molecule has 0 spiro atoms. The molecule has 0 heterocycles. The van der Waals surface area contributed by atoms with Gasteiger partial charge in [-0.3, -0.25) is 4.79 Å². The van der Waals surface area contributed by atoms with Gasteiger partial charge in [-0.25, -0.2) is 4.79 Å². The van der Waals surface area contributed by atoms with Crippen molar-refractivity contribution in [2.75, 3.05) is 5.32 Å². The van der Waals surface area contributed by atoms with Gasteiger partial charge >= 0.3 is 5.97 Å². The lowest BCUT2D eigenvalue weighted by Crippen LogP contribution is -2.30. The first-order valence-electron chi connectivity index (χ1n) is 6.81. The van der Waals surface area contributed by atoms with Crippen molar-refractivity contribution in [2.24, 2.45) is 0 Å². The number of halogens is 1. The van der Waals surface area contributed by atoms with Gasteiger partial charge < -0.3 is 10.1 Å². The summed E-state index contributed by atoms with van der Waals surface area (Å²) in [6.45, 7) is 3.46. The van der Waals surface area contributed by atoms with Gasteiger partial charge in [0.1, 0.15) is 0 Å². The fourth-order valence-electron chi connectivity index (χ4n) is 1.85. The summed E-state index contributed by atoms with van der Waals surface area (Å²) in [6, 6.07) is 14.5. The topological polar surface area (TPSA) is 55.4 Å². The lowest BCUT2D eigenvalue weighted by atomic mass is 10.2. The number of carbonyl (C=O) groups is 2. The molecule has 0 aliphatic heterocycles. The van der Waals surface area contributed by atoms with Crippen LogP contribution in [0.1, 0.15) is 22.8 Å². The molecule has 2 aromatic carbocycles. The number of esters is 1. The van der Waals surface area contributed by atoms with Gasteiger partial charge in [-0.2, -0.15) is 0 Å². The monoisotopic (exact) mass is 409 g/mol. The largest absolute Gasteiger partial charge is 0.449 e. The van der Waals surface area contributed by atoms with Gasteiger partial charge in [0.15, 0.2) is 6.10 Å². The first-order valence-corrected chi connectivity index (χ1v) is 7.89. The van der Waals surface area contributed by atoms with E-state index in [1.165, 1.54) is 0 Å². The highest BCUT2D eigenvalue weighted by molar-refractivity contribution is 14.1. The second-order valence-corrected chi connectivity index (χ2v) is 5.99. The van der Waals surface area contributed by atoms with E-state index in [2.05, 4.69) is 27.9 Å². The Bertz CT molecular complexity index is 700. The molecule has 1 amide bonds. The van der Waals surface area contributed by atoms with E-state index in [4.69, 9.17) is 4.74 Å². The van der Waals surface area contributed by atoms with Crippen LogP contribution in [0.5, 0.6) is 0 Å². The van der Waals surface area contributed by atoms with Crippen molar-refractivity contribution in [3.8, 4) is 0 Å². The molecule has 4 nitrogen and oxygen atoms in total. The Kier molecular flexibility index (Phi) is 5.54. The predicted molar refractivity (Wildman–Crippen MR) is 93.8 cm³/mol. The van der Waals surface area contributed by atoms with Crippen LogP contribution in [0.4, 0.5) is 5.69 Å². The summed E-state index contributed by atoms with van der Waals surface area (Å²) in [6.07, 6.45) is -0.872. The summed E-state index contributed by atoms with van der Waals surface area (Å²) in [5.74, 6) is -0.856. The Hall–Kier alpha value is -1.89. The predicted octanol–water partition coefficient (Wildman–Crippen LogP) is 3.78. The average molecular weight is 409 g/mol. The lowest BCUT2D eigenvalue weighted by Gasteiger charge is -2.15. The van der Waals surface area contributed by atoms with Crippen molar-refractivity contribution < 1.29 is 14.3 Å². The number of carbonyl (C=O) groups excluding carboxylic acids is 2. The molecule has 0 aliphatic carbocycles. The van der Waals surface area contributed by atoms with E-state index in [1.807, 2.05) is 43.3 Å². The third-order valence-corrected chi connectivity index (χ3v) is 4.09. The highest BCUT2D eigenvalue weighted by Crippen LogP contribution is 2.16. The molecule has 22 heavy (non-hydrogen) atoms. The number of hydrogen-bond donors (Lipinski definition) is 1. The van der Waals surface area contributed by atoms with Crippen molar-refractivity contribution in [1.82, 2.24) is 0 Å². The maximum Gasteiger partial charge on any atom is 0.339 e. The quantitative estimate of drug-likeness (QED) is 0.618. The molecular weight excluding hydrogens is 393 g/mol. The summed E-state index contributed by atoms with van der Waals surface area (Å²) in [5.41, 5.74) is 2.12. The van der Waals surface area contributed by atoms with Gasteiger partial charge in [0.25, 0.3) is 5.91 Å². The Morgan fingerprint density at radius 1 is 1.09 bits per heavy atom. The van der Waals surface area contributed by atoms with E-state index in [0.717, 1.165) is 9.13 Å². The molecule has 0 bridgehead atoms. The Labute approximate surface area is 143 Å². The summed E-state index contributed by atoms with van der Waals surface area (Å²) in [7, 11) is 0. The minimum atomic E-state index is -0.872. The van der Waals surface area contributed by atoms with Crippen LogP contribution < -0.4 is 5.32 Å². The molecule has 1 atom stereocenters. The van der Waals surface area contributed by atoms with Crippen molar-refractivity contribution in [3.05, 3.63) is 63.2 Å². The molecule has 2 aromatic rings. The highest BCUT2D eigenvalue weighted by Gasteiger charge is 2.20. The van der Waals surface area contributed by atoms with Crippen molar-refractivity contribution in [3.63, 3.8) is 0 Å². The first-order chi connectivity index (χ1) is 10.5. The van der Waals surface area contributed by atoms with Crippen LogP contribution in [-0.2, 0) is 9.53 Å². The van der Waals surface area contributed by atoms with Gasteiger partial charge in [0, 0.05) is 9.26 Å². The maximum atomic E-state index is 12.1. The van der Waals surface area contributed by atoms with Gasteiger partial charge in [0.2, 0.25) is 0 Å². The minimum Gasteiger partial charge on any atom is -0.449 e. The summed E-state index contributed by atoms with van der Waals surface area (Å²) >= 11 is 2.06. The third-order valence-electron chi connectivity index (χ3n) is 3.15. The zero-order valence-electron chi connectivity index (χ0n) is 12.3. The SMILES string of the molecule is Cc1ccccc1NC(=O)[C@@H](C)OC(=O)c1ccccc1I. The Balaban J connectivity index is 2.01. The Morgan fingerprint density at radius 2 is 1.73 bits per heavy atom. The number of aryl methyl sites for hydroxylation is 1. The van der Waals surface area contributed by atoms with Gasteiger partial charge in [-0.05, 0) is 60.2 Å². The van der Waals surface area contributed by atoms with E-state index in [-0.39, 0.29) is 5.91 Å². The smallest absolute Gasteiger partial charge is 0.339 e. The number of para-hydroxylation sites is 1. The van der Waals surface area contributed by atoms with Gasteiger partial charge in [0.05, 0.1) is 5.56 Å². The van der Waals surface area contributed by atoms with Gasteiger partial charge in [-0.15, -0.1) is 0 Å². The van der Waals surface area contributed by atoms with Crippen molar-refractivity contribution in [2.45, 2.75) is 20.0 Å². The van der Waals surface area contributed by atoms with Crippen LogP contribution in [0.2, 0.25) is 0 Å². The van der Waals surface area contributed by atoms with Crippen LogP contribution >= 0.6 is 22.6 Å². The molecule has 0 radical (unpaired) electrons. The standard InChI is InChI=1S/C17H16INO3/c1-11-7-3-6-10-15(11)19-16(20)12(2)22-17(21)13-8-4-5-9-14(13)18/h3-10,12H,1-2H3,(H,19,20)/t12-/m1/s1.